The zero-order valence-corrected chi connectivity index (χ0v) is 12.0. The molecular weight excluding hydrogens is 254 g/mol. The van der Waals surface area contributed by atoms with Gasteiger partial charge in [-0.05, 0) is 30.2 Å². The summed E-state index contributed by atoms with van der Waals surface area (Å²) in [5.41, 5.74) is 3.26. The first kappa shape index (κ1) is 13.7. The van der Waals surface area contributed by atoms with Crippen molar-refractivity contribution in [3.05, 3.63) is 59.2 Å². The second-order valence-electron chi connectivity index (χ2n) is 4.34. The van der Waals surface area contributed by atoms with Crippen LogP contribution in [0.5, 0.6) is 5.75 Å². The fourth-order valence-corrected chi connectivity index (χ4v) is 2.01. The van der Waals surface area contributed by atoms with Gasteiger partial charge in [-0.1, -0.05) is 30.3 Å². The van der Waals surface area contributed by atoms with Crippen LogP contribution in [0.15, 0.2) is 52.4 Å². The predicted molar refractivity (Wildman–Crippen MR) is 82.7 cm³/mol. The van der Waals surface area contributed by atoms with E-state index in [0.29, 0.717) is 6.54 Å². The molecule has 2 nitrogen and oxygen atoms in total. The van der Waals surface area contributed by atoms with E-state index in [1.165, 1.54) is 5.56 Å². The molecule has 2 aromatic rings. The summed E-state index contributed by atoms with van der Waals surface area (Å²) in [6.07, 6.45) is 1.85. The molecule has 0 N–H and O–H groups in total. The normalized spacial score (nSPS) is 10.9. The van der Waals surface area contributed by atoms with Crippen LogP contribution in [0, 0.1) is 6.92 Å². The van der Waals surface area contributed by atoms with Crippen LogP contribution in [0.25, 0.3) is 0 Å². The first-order valence-corrected chi connectivity index (χ1v) is 6.57. The summed E-state index contributed by atoms with van der Waals surface area (Å²) >= 11 is 4.51. The van der Waals surface area contributed by atoms with Crippen molar-refractivity contribution in [3.8, 4) is 5.75 Å². The lowest BCUT2D eigenvalue weighted by Gasteiger charge is -2.07. The number of aliphatic imine (C=N–C) groups is 1. The molecule has 0 heterocycles. The van der Waals surface area contributed by atoms with Gasteiger partial charge in [0.15, 0.2) is 0 Å². The average molecular weight is 271 g/mol. The molecule has 19 heavy (non-hydrogen) atoms. The van der Waals surface area contributed by atoms with Gasteiger partial charge >= 0.3 is 0 Å². The highest BCUT2D eigenvalue weighted by Gasteiger charge is 2.03. The fraction of sp³-hybridized carbons (Fsp3) is 0.188. The number of thiol groups is 1. The average Bonchev–Trinajstić information content (AvgIpc) is 2.44. The maximum absolute atomic E-state index is 5.26. The number of hydrogen-bond acceptors (Lipinski definition) is 3. The monoisotopic (exact) mass is 271 g/mol. The van der Waals surface area contributed by atoms with Gasteiger partial charge in [0.05, 0.1) is 13.7 Å². The number of rotatable bonds is 4. The number of ether oxygens (including phenoxy) is 1. The van der Waals surface area contributed by atoms with Gasteiger partial charge in [0.2, 0.25) is 0 Å². The first-order valence-electron chi connectivity index (χ1n) is 6.12. The Morgan fingerprint density at radius 2 is 1.95 bits per heavy atom. The van der Waals surface area contributed by atoms with Crippen LogP contribution in [0.3, 0.4) is 0 Å². The predicted octanol–water partition coefficient (Wildman–Crippen LogP) is 3.91. The van der Waals surface area contributed by atoms with Gasteiger partial charge in [-0.25, -0.2) is 0 Å². The van der Waals surface area contributed by atoms with Crippen molar-refractivity contribution in [1.29, 1.82) is 0 Å². The summed E-state index contributed by atoms with van der Waals surface area (Å²) in [6.45, 7) is 2.68. The third kappa shape index (κ3) is 3.61. The Bertz CT molecular complexity index is 579. The Morgan fingerprint density at radius 3 is 2.63 bits per heavy atom. The molecule has 0 amide bonds. The lowest BCUT2D eigenvalue weighted by molar-refractivity contribution is 0.414. The Hall–Kier alpha value is -1.74. The van der Waals surface area contributed by atoms with E-state index in [4.69, 9.17) is 4.74 Å². The molecule has 0 aromatic heterocycles. The Kier molecular flexibility index (Phi) is 4.63. The highest BCUT2D eigenvalue weighted by molar-refractivity contribution is 7.80. The highest BCUT2D eigenvalue weighted by Crippen LogP contribution is 2.23. The van der Waals surface area contributed by atoms with E-state index in [1.54, 1.807) is 7.11 Å². The molecule has 0 aliphatic heterocycles. The molecule has 98 valence electrons. The molecular formula is C16H17NOS. The second-order valence-corrected chi connectivity index (χ2v) is 4.78. The topological polar surface area (TPSA) is 21.6 Å². The van der Waals surface area contributed by atoms with Crippen LogP contribution in [0.2, 0.25) is 0 Å². The van der Waals surface area contributed by atoms with E-state index >= 15 is 0 Å². The molecule has 3 heteroatoms. The summed E-state index contributed by atoms with van der Waals surface area (Å²) in [6, 6.07) is 14.1. The zero-order valence-electron chi connectivity index (χ0n) is 11.1. The minimum atomic E-state index is 0.671. The van der Waals surface area contributed by atoms with E-state index in [2.05, 4.69) is 29.8 Å². The quantitative estimate of drug-likeness (QED) is 0.661. The van der Waals surface area contributed by atoms with E-state index in [9.17, 15) is 0 Å². The Balaban J connectivity index is 2.16. The summed E-state index contributed by atoms with van der Waals surface area (Å²) in [5, 5.41) is 0. The molecule has 2 aromatic carbocycles. The van der Waals surface area contributed by atoms with E-state index in [0.717, 1.165) is 21.8 Å². The van der Waals surface area contributed by atoms with E-state index in [1.807, 2.05) is 43.5 Å². The van der Waals surface area contributed by atoms with Crippen LogP contribution in [-0.4, -0.2) is 13.3 Å². The lowest BCUT2D eigenvalue weighted by Crippen LogP contribution is -1.92. The van der Waals surface area contributed by atoms with Gasteiger partial charge in [-0.2, -0.15) is 0 Å². The highest BCUT2D eigenvalue weighted by atomic mass is 32.1. The molecule has 0 radical (unpaired) electrons. The van der Waals surface area contributed by atoms with Crippen LogP contribution in [0.4, 0.5) is 0 Å². The van der Waals surface area contributed by atoms with Crippen molar-refractivity contribution in [3.63, 3.8) is 0 Å². The minimum absolute atomic E-state index is 0.671. The summed E-state index contributed by atoms with van der Waals surface area (Å²) in [5.74, 6) is 0.830. The van der Waals surface area contributed by atoms with Crippen molar-refractivity contribution in [1.82, 2.24) is 0 Å². The van der Waals surface area contributed by atoms with Gasteiger partial charge in [0, 0.05) is 16.7 Å². The molecule has 0 atom stereocenters. The minimum Gasteiger partial charge on any atom is -0.497 e. The fourth-order valence-electron chi connectivity index (χ4n) is 1.82. The molecule has 0 bridgehead atoms. The molecule has 0 unspecified atom stereocenters. The van der Waals surface area contributed by atoms with Gasteiger partial charge in [0.1, 0.15) is 5.75 Å². The summed E-state index contributed by atoms with van der Waals surface area (Å²) in [7, 11) is 1.66. The molecule has 0 aliphatic rings. The molecule has 0 spiro atoms. The zero-order chi connectivity index (χ0) is 13.7. The lowest BCUT2D eigenvalue weighted by atomic mass is 10.1. The van der Waals surface area contributed by atoms with Crippen LogP contribution in [-0.2, 0) is 6.54 Å². The van der Waals surface area contributed by atoms with Crippen molar-refractivity contribution in [2.24, 2.45) is 4.99 Å². The van der Waals surface area contributed by atoms with Gasteiger partial charge < -0.3 is 4.74 Å². The molecule has 0 saturated heterocycles. The maximum Gasteiger partial charge on any atom is 0.119 e. The standard InChI is InChI=1S/C16H17NOS/c1-12-8-15(18-2)9-14(16(12)19)11-17-10-13-6-4-3-5-7-13/h3-9,11,19H,10H2,1-2H3. The molecule has 0 fully saturated rings. The molecule has 2 rings (SSSR count). The van der Waals surface area contributed by atoms with Gasteiger partial charge in [-0.15, -0.1) is 12.6 Å². The first-order chi connectivity index (χ1) is 9.20. The number of hydrogen-bond donors (Lipinski definition) is 1. The number of methoxy groups -OCH3 is 1. The summed E-state index contributed by atoms with van der Waals surface area (Å²) < 4.78 is 5.26. The number of benzene rings is 2. The van der Waals surface area contributed by atoms with Crippen molar-refractivity contribution < 1.29 is 4.74 Å². The van der Waals surface area contributed by atoms with Gasteiger partial charge in [0.25, 0.3) is 0 Å². The molecule has 0 aliphatic carbocycles. The smallest absolute Gasteiger partial charge is 0.119 e. The van der Waals surface area contributed by atoms with Gasteiger partial charge in [-0.3, -0.25) is 4.99 Å². The van der Waals surface area contributed by atoms with Crippen LogP contribution in [0.1, 0.15) is 16.7 Å². The SMILES string of the molecule is COc1cc(C)c(S)c(C=NCc2ccccc2)c1. The van der Waals surface area contributed by atoms with Crippen molar-refractivity contribution in [2.45, 2.75) is 18.4 Å². The molecule has 0 saturated carbocycles. The van der Waals surface area contributed by atoms with Crippen LogP contribution < -0.4 is 4.74 Å². The third-order valence-electron chi connectivity index (χ3n) is 2.89. The Labute approximate surface area is 119 Å². The van der Waals surface area contributed by atoms with Crippen molar-refractivity contribution >= 4 is 18.8 Å². The number of aryl methyl sites for hydroxylation is 1. The Morgan fingerprint density at radius 1 is 1.21 bits per heavy atom. The second kappa shape index (κ2) is 6.43. The van der Waals surface area contributed by atoms with E-state index in [-0.39, 0.29) is 0 Å². The third-order valence-corrected chi connectivity index (χ3v) is 3.50. The summed E-state index contributed by atoms with van der Waals surface area (Å²) in [4.78, 5) is 5.40. The van der Waals surface area contributed by atoms with Crippen molar-refractivity contribution in [2.75, 3.05) is 7.11 Å². The number of nitrogens with zero attached hydrogens (tertiary/aromatic N) is 1. The van der Waals surface area contributed by atoms with E-state index < -0.39 is 0 Å². The largest absolute Gasteiger partial charge is 0.497 e. The van der Waals surface area contributed by atoms with Crippen LogP contribution >= 0.6 is 12.6 Å². The maximum atomic E-state index is 5.26.